The maximum atomic E-state index is 12.5. The number of likely N-dealkylation sites (tertiary alicyclic amines) is 1. The lowest BCUT2D eigenvalue weighted by atomic mass is 9.92. The minimum absolute atomic E-state index is 0.00433. The van der Waals surface area contributed by atoms with Crippen LogP contribution >= 0.6 is 0 Å². The first-order chi connectivity index (χ1) is 13.7. The van der Waals surface area contributed by atoms with Gasteiger partial charge in [0.25, 0.3) is 5.89 Å². The van der Waals surface area contributed by atoms with E-state index in [1.807, 2.05) is 34.0 Å². The monoisotopic (exact) mass is 395 g/mol. The topological polar surface area (TPSA) is 77.1 Å². The van der Waals surface area contributed by atoms with Crippen LogP contribution in [0.25, 0.3) is 22.4 Å². The van der Waals surface area contributed by atoms with Crippen molar-refractivity contribution in [1.82, 2.24) is 24.8 Å². The van der Waals surface area contributed by atoms with Crippen LogP contribution in [0.1, 0.15) is 65.2 Å². The number of carbonyl (C=O) groups excluding carboxylic acids is 1. The summed E-state index contributed by atoms with van der Waals surface area (Å²) >= 11 is 0. The van der Waals surface area contributed by atoms with Crippen LogP contribution in [0.5, 0.6) is 0 Å². The molecule has 1 saturated heterocycles. The Hall–Kier alpha value is -2.70. The van der Waals surface area contributed by atoms with Crippen molar-refractivity contribution in [1.29, 1.82) is 0 Å². The van der Waals surface area contributed by atoms with Gasteiger partial charge in [-0.3, -0.25) is 9.48 Å². The van der Waals surface area contributed by atoms with Crippen molar-refractivity contribution in [2.24, 2.45) is 5.41 Å². The van der Waals surface area contributed by atoms with Gasteiger partial charge in [-0.05, 0) is 37.8 Å². The number of carbonyl (C=O) groups is 1. The van der Waals surface area contributed by atoms with Crippen LogP contribution in [0, 0.1) is 5.41 Å². The summed E-state index contributed by atoms with van der Waals surface area (Å²) in [5, 5.41) is 9.77. The highest BCUT2D eigenvalue weighted by Crippen LogP contribution is 2.30. The zero-order valence-corrected chi connectivity index (χ0v) is 17.8. The summed E-state index contributed by atoms with van der Waals surface area (Å²) in [6, 6.07) is 6.34. The van der Waals surface area contributed by atoms with Gasteiger partial charge in [-0.1, -0.05) is 32.0 Å². The molecule has 0 spiro atoms. The molecule has 1 aliphatic rings. The van der Waals surface area contributed by atoms with Crippen LogP contribution < -0.4 is 0 Å². The van der Waals surface area contributed by atoms with Gasteiger partial charge in [0.05, 0.1) is 11.7 Å². The Balaban J connectivity index is 1.51. The standard InChI is InChI=1S/C22H29N5O2/c1-14(2)27-18-10-15(6-7-16(18)12-23-27)21-24-20(25-29-21)17-8-9-26(13-17)19(28)11-22(3,4)5/h6-7,10,12,14,17H,8-9,11,13H2,1-5H3. The summed E-state index contributed by atoms with van der Waals surface area (Å²) in [6.07, 6.45) is 3.30. The molecule has 0 aliphatic carbocycles. The zero-order chi connectivity index (χ0) is 20.8. The third-order valence-electron chi connectivity index (χ3n) is 5.36. The molecule has 3 heterocycles. The van der Waals surface area contributed by atoms with Crippen molar-refractivity contribution in [2.45, 2.75) is 59.4 Å². The molecule has 1 atom stereocenters. The summed E-state index contributed by atoms with van der Waals surface area (Å²) in [5.74, 6) is 1.53. The van der Waals surface area contributed by atoms with Gasteiger partial charge < -0.3 is 9.42 Å². The molecule has 0 radical (unpaired) electrons. The molecule has 1 unspecified atom stereocenters. The van der Waals surface area contributed by atoms with Gasteiger partial charge in [-0.15, -0.1) is 0 Å². The van der Waals surface area contributed by atoms with E-state index in [9.17, 15) is 4.79 Å². The molecule has 1 aliphatic heterocycles. The largest absolute Gasteiger partial charge is 0.342 e. The van der Waals surface area contributed by atoms with Gasteiger partial charge in [0, 0.05) is 42.4 Å². The molecule has 1 fully saturated rings. The predicted molar refractivity (Wildman–Crippen MR) is 111 cm³/mol. The summed E-state index contributed by atoms with van der Waals surface area (Å²) in [6.45, 7) is 11.9. The van der Waals surface area contributed by atoms with E-state index in [4.69, 9.17) is 4.52 Å². The van der Waals surface area contributed by atoms with E-state index in [1.54, 1.807) is 0 Å². The zero-order valence-electron chi connectivity index (χ0n) is 17.8. The van der Waals surface area contributed by atoms with Crippen molar-refractivity contribution in [2.75, 3.05) is 13.1 Å². The van der Waals surface area contributed by atoms with Crippen LogP contribution in [0.3, 0.4) is 0 Å². The number of aromatic nitrogens is 4. The summed E-state index contributed by atoms with van der Waals surface area (Å²) < 4.78 is 7.56. The maximum Gasteiger partial charge on any atom is 0.258 e. The normalized spacial score (nSPS) is 17.6. The molecule has 0 saturated carbocycles. The van der Waals surface area contributed by atoms with E-state index in [1.165, 1.54) is 0 Å². The fourth-order valence-corrected chi connectivity index (χ4v) is 3.86. The number of hydrogen-bond donors (Lipinski definition) is 0. The smallest absolute Gasteiger partial charge is 0.258 e. The maximum absolute atomic E-state index is 12.5. The second-order valence-corrected chi connectivity index (χ2v) is 9.48. The molecule has 2 aromatic heterocycles. The van der Waals surface area contributed by atoms with Crippen molar-refractivity contribution in [3.05, 3.63) is 30.2 Å². The highest BCUT2D eigenvalue weighted by atomic mass is 16.5. The van der Waals surface area contributed by atoms with Crippen molar-refractivity contribution >= 4 is 16.8 Å². The first kappa shape index (κ1) is 19.6. The Morgan fingerprint density at radius 1 is 1.31 bits per heavy atom. The molecule has 29 heavy (non-hydrogen) atoms. The van der Waals surface area contributed by atoms with E-state index in [0.717, 1.165) is 29.4 Å². The number of nitrogens with zero attached hydrogens (tertiary/aromatic N) is 5. The van der Waals surface area contributed by atoms with Gasteiger partial charge in [0.2, 0.25) is 5.91 Å². The lowest BCUT2D eigenvalue weighted by Gasteiger charge is -2.22. The fourth-order valence-electron chi connectivity index (χ4n) is 3.86. The molecule has 154 valence electrons. The molecule has 4 rings (SSSR count). The van der Waals surface area contributed by atoms with Gasteiger partial charge in [0.15, 0.2) is 5.82 Å². The molecule has 7 nitrogen and oxygen atoms in total. The quantitative estimate of drug-likeness (QED) is 0.653. The second-order valence-electron chi connectivity index (χ2n) is 9.48. The van der Waals surface area contributed by atoms with Crippen LogP contribution in [-0.2, 0) is 4.79 Å². The van der Waals surface area contributed by atoms with Crippen molar-refractivity contribution < 1.29 is 9.32 Å². The number of fused-ring (bicyclic) bond motifs is 1. The van der Waals surface area contributed by atoms with E-state index in [-0.39, 0.29) is 23.3 Å². The third kappa shape index (κ3) is 4.04. The molecule has 1 aromatic carbocycles. The van der Waals surface area contributed by atoms with Crippen LogP contribution in [0.2, 0.25) is 0 Å². The highest BCUT2D eigenvalue weighted by molar-refractivity contribution is 5.83. The lowest BCUT2D eigenvalue weighted by Crippen LogP contribution is -2.31. The van der Waals surface area contributed by atoms with Gasteiger partial charge in [0.1, 0.15) is 0 Å². The van der Waals surface area contributed by atoms with Crippen LogP contribution in [0.15, 0.2) is 28.9 Å². The Labute approximate surface area is 171 Å². The number of amides is 1. The molecular formula is C22H29N5O2. The fraction of sp³-hybridized carbons (Fsp3) is 0.545. The van der Waals surface area contributed by atoms with Crippen molar-refractivity contribution in [3.63, 3.8) is 0 Å². The van der Waals surface area contributed by atoms with Gasteiger partial charge >= 0.3 is 0 Å². The minimum atomic E-state index is -0.00433. The van der Waals surface area contributed by atoms with E-state index >= 15 is 0 Å². The second kappa shape index (κ2) is 7.28. The van der Waals surface area contributed by atoms with Crippen molar-refractivity contribution in [3.8, 4) is 11.5 Å². The first-order valence-corrected chi connectivity index (χ1v) is 10.3. The SMILES string of the molecule is CC(C)n1ncc2ccc(-c3nc(C4CCN(C(=O)CC(C)(C)C)C4)no3)cc21. The minimum Gasteiger partial charge on any atom is -0.342 e. The number of hydrogen-bond acceptors (Lipinski definition) is 5. The van der Waals surface area contributed by atoms with Crippen LogP contribution in [-0.4, -0.2) is 43.8 Å². The van der Waals surface area contributed by atoms with E-state index in [0.29, 0.717) is 24.7 Å². The molecule has 3 aromatic rings. The molecule has 0 N–H and O–H groups in total. The number of rotatable bonds is 4. The van der Waals surface area contributed by atoms with E-state index in [2.05, 4.69) is 49.9 Å². The summed E-state index contributed by atoms with van der Waals surface area (Å²) in [7, 11) is 0. The summed E-state index contributed by atoms with van der Waals surface area (Å²) in [4.78, 5) is 19.1. The summed E-state index contributed by atoms with van der Waals surface area (Å²) in [5.41, 5.74) is 1.93. The predicted octanol–water partition coefficient (Wildman–Crippen LogP) is 4.42. The Morgan fingerprint density at radius 3 is 2.83 bits per heavy atom. The highest BCUT2D eigenvalue weighted by Gasteiger charge is 2.32. The van der Waals surface area contributed by atoms with Crippen LogP contribution in [0.4, 0.5) is 0 Å². The Bertz CT molecular complexity index is 1030. The number of benzene rings is 1. The average molecular weight is 396 g/mol. The lowest BCUT2D eigenvalue weighted by molar-refractivity contribution is -0.132. The molecule has 7 heteroatoms. The van der Waals surface area contributed by atoms with E-state index < -0.39 is 0 Å². The van der Waals surface area contributed by atoms with Gasteiger partial charge in [-0.25, -0.2) is 0 Å². The molecule has 1 amide bonds. The molecular weight excluding hydrogens is 366 g/mol. The molecule has 0 bridgehead atoms. The third-order valence-corrected chi connectivity index (χ3v) is 5.36. The first-order valence-electron chi connectivity index (χ1n) is 10.3. The van der Waals surface area contributed by atoms with Gasteiger partial charge in [-0.2, -0.15) is 10.1 Å². The average Bonchev–Trinajstić information content (AvgIpc) is 3.37. The Kier molecular flexibility index (Phi) is 4.92. The Morgan fingerprint density at radius 2 is 2.10 bits per heavy atom.